The Labute approximate surface area is 126 Å². The standard InChI is InChI=1S/C14H19BrF2N2O/c1-10-2-3-11(8-12(10)15)13(14(16,17)9-20)19-6-4-18-5-7-19/h2-3,8,13,18,20H,4-7,9H2,1H3/t13-/m1/s1. The number of hydrogen-bond acceptors (Lipinski definition) is 3. The molecular formula is C14H19BrF2N2O. The monoisotopic (exact) mass is 348 g/mol. The van der Waals surface area contributed by atoms with E-state index in [-0.39, 0.29) is 0 Å². The molecular weight excluding hydrogens is 330 g/mol. The van der Waals surface area contributed by atoms with Gasteiger partial charge in [0.1, 0.15) is 12.6 Å². The van der Waals surface area contributed by atoms with E-state index in [1.165, 1.54) is 0 Å². The highest BCUT2D eigenvalue weighted by Gasteiger charge is 2.44. The molecule has 0 unspecified atom stereocenters. The van der Waals surface area contributed by atoms with Crippen LogP contribution in [0.1, 0.15) is 17.2 Å². The Balaban J connectivity index is 2.36. The zero-order valence-corrected chi connectivity index (χ0v) is 13.0. The maximum absolute atomic E-state index is 14.2. The fourth-order valence-corrected chi connectivity index (χ4v) is 2.92. The Morgan fingerprint density at radius 2 is 2.05 bits per heavy atom. The molecule has 1 saturated heterocycles. The molecule has 0 radical (unpaired) electrons. The van der Waals surface area contributed by atoms with Crippen molar-refractivity contribution in [3.05, 3.63) is 33.8 Å². The van der Waals surface area contributed by atoms with Crippen LogP contribution >= 0.6 is 15.9 Å². The van der Waals surface area contributed by atoms with Crippen LogP contribution in [-0.4, -0.2) is 48.7 Å². The fourth-order valence-electron chi connectivity index (χ4n) is 2.53. The lowest BCUT2D eigenvalue weighted by Crippen LogP contribution is -2.51. The predicted molar refractivity (Wildman–Crippen MR) is 78.1 cm³/mol. The fraction of sp³-hybridized carbons (Fsp3) is 0.571. The van der Waals surface area contributed by atoms with Gasteiger partial charge >= 0.3 is 0 Å². The Hall–Kier alpha value is -0.560. The van der Waals surface area contributed by atoms with E-state index in [1.807, 2.05) is 13.0 Å². The third-order valence-corrected chi connectivity index (χ3v) is 4.49. The number of nitrogens with zero attached hydrogens (tertiary/aromatic N) is 1. The molecule has 6 heteroatoms. The van der Waals surface area contributed by atoms with Crippen LogP contribution in [0.4, 0.5) is 8.78 Å². The second-order valence-electron chi connectivity index (χ2n) is 5.12. The van der Waals surface area contributed by atoms with Crippen molar-refractivity contribution in [1.82, 2.24) is 10.2 Å². The van der Waals surface area contributed by atoms with E-state index in [0.717, 1.165) is 10.0 Å². The SMILES string of the molecule is Cc1ccc([C@@H](N2CCNCC2)C(F)(F)CO)cc1Br. The molecule has 0 amide bonds. The Morgan fingerprint density at radius 1 is 1.40 bits per heavy atom. The van der Waals surface area contributed by atoms with E-state index in [2.05, 4.69) is 21.2 Å². The van der Waals surface area contributed by atoms with Crippen LogP contribution < -0.4 is 5.32 Å². The smallest absolute Gasteiger partial charge is 0.289 e. The number of nitrogens with one attached hydrogen (secondary N) is 1. The number of aliphatic hydroxyl groups excluding tert-OH is 1. The minimum absolute atomic E-state index is 0.531. The summed E-state index contributed by atoms with van der Waals surface area (Å²) >= 11 is 3.39. The van der Waals surface area contributed by atoms with Gasteiger partial charge in [-0.2, -0.15) is 0 Å². The first kappa shape index (κ1) is 15.8. The molecule has 3 nitrogen and oxygen atoms in total. The van der Waals surface area contributed by atoms with Crippen LogP contribution in [0.2, 0.25) is 0 Å². The normalized spacial score (nSPS) is 19.1. The van der Waals surface area contributed by atoms with Gasteiger partial charge in [0.15, 0.2) is 0 Å². The van der Waals surface area contributed by atoms with E-state index >= 15 is 0 Å². The largest absolute Gasteiger partial charge is 0.390 e. The average molecular weight is 349 g/mol. The molecule has 0 bridgehead atoms. The van der Waals surface area contributed by atoms with E-state index in [1.54, 1.807) is 17.0 Å². The van der Waals surface area contributed by atoms with E-state index in [9.17, 15) is 8.78 Å². The van der Waals surface area contributed by atoms with Gasteiger partial charge in [0.05, 0.1) is 0 Å². The topological polar surface area (TPSA) is 35.5 Å². The molecule has 20 heavy (non-hydrogen) atoms. The zero-order valence-electron chi connectivity index (χ0n) is 11.4. The molecule has 0 aliphatic carbocycles. The van der Waals surface area contributed by atoms with Crippen LogP contribution in [0.15, 0.2) is 22.7 Å². The number of aryl methyl sites for hydroxylation is 1. The number of rotatable bonds is 4. The van der Waals surface area contributed by atoms with Gasteiger partial charge in [0.2, 0.25) is 0 Å². The number of benzene rings is 1. The van der Waals surface area contributed by atoms with Crippen molar-refractivity contribution in [2.45, 2.75) is 18.9 Å². The molecule has 1 heterocycles. The predicted octanol–water partition coefficient (Wildman–Crippen LogP) is 2.33. The van der Waals surface area contributed by atoms with Crippen LogP contribution in [0.5, 0.6) is 0 Å². The molecule has 2 rings (SSSR count). The summed E-state index contributed by atoms with van der Waals surface area (Å²) in [4.78, 5) is 1.74. The molecule has 0 aromatic heterocycles. The summed E-state index contributed by atoms with van der Waals surface area (Å²) in [6.07, 6.45) is 0. The van der Waals surface area contributed by atoms with Gasteiger partial charge < -0.3 is 10.4 Å². The second kappa shape index (κ2) is 6.47. The summed E-state index contributed by atoms with van der Waals surface area (Å²) in [6.45, 7) is 3.23. The van der Waals surface area contributed by atoms with Gasteiger partial charge in [0.25, 0.3) is 5.92 Å². The van der Waals surface area contributed by atoms with Crippen molar-refractivity contribution in [2.75, 3.05) is 32.8 Å². The van der Waals surface area contributed by atoms with Gasteiger partial charge in [-0.05, 0) is 24.1 Å². The van der Waals surface area contributed by atoms with Crippen LogP contribution in [-0.2, 0) is 0 Å². The number of aliphatic hydroxyl groups is 1. The number of halogens is 3. The maximum Gasteiger partial charge on any atom is 0.289 e. The van der Waals surface area contributed by atoms with Crippen molar-refractivity contribution in [1.29, 1.82) is 0 Å². The second-order valence-corrected chi connectivity index (χ2v) is 5.97. The first-order chi connectivity index (χ1) is 9.45. The lowest BCUT2D eigenvalue weighted by molar-refractivity contribution is -0.118. The lowest BCUT2D eigenvalue weighted by atomic mass is 9.97. The molecule has 0 saturated carbocycles. The third-order valence-electron chi connectivity index (χ3n) is 3.64. The molecule has 2 N–H and O–H groups in total. The highest BCUT2D eigenvalue weighted by atomic mass is 79.9. The first-order valence-electron chi connectivity index (χ1n) is 6.65. The van der Waals surface area contributed by atoms with Gasteiger partial charge in [-0.25, -0.2) is 8.78 Å². The number of hydrogen-bond donors (Lipinski definition) is 2. The summed E-state index contributed by atoms with van der Waals surface area (Å²) in [5, 5.41) is 12.2. The van der Waals surface area contributed by atoms with Gasteiger partial charge in [0, 0.05) is 30.7 Å². The maximum atomic E-state index is 14.2. The average Bonchev–Trinajstić information content (AvgIpc) is 2.44. The van der Waals surface area contributed by atoms with Crippen molar-refractivity contribution < 1.29 is 13.9 Å². The molecule has 1 fully saturated rings. The van der Waals surface area contributed by atoms with Crippen LogP contribution in [0, 0.1) is 6.92 Å². The van der Waals surface area contributed by atoms with Crippen molar-refractivity contribution >= 4 is 15.9 Å². The molecule has 1 aliphatic heterocycles. The summed E-state index contributed by atoms with van der Waals surface area (Å²) < 4.78 is 29.2. The number of alkyl halides is 2. The molecule has 112 valence electrons. The summed E-state index contributed by atoms with van der Waals surface area (Å²) in [5.41, 5.74) is 1.53. The van der Waals surface area contributed by atoms with Crippen molar-refractivity contribution in [3.63, 3.8) is 0 Å². The minimum atomic E-state index is -3.16. The van der Waals surface area contributed by atoms with Crippen LogP contribution in [0.3, 0.4) is 0 Å². The Bertz CT molecular complexity index is 464. The minimum Gasteiger partial charge on any atom is -0.390 e. The van der Waals surface area contributed by atoms with Gasteiger partial charge in [-0.3, -0.25) is 4.90 Å². The van der Waals surface area contributed by atoms with E-state index in [4.69, 9.17) is 5.11 Å². The first-order valence-corrected chi connectivity index (χ1v) is 7.44. The molecule has 1 aromatic carbocycles. The molecule has 1 aliphatic rings. The zero-order chi connectivity index (χ0) is 14.8. The lowest BCUT2D eigenvalue weighted by Gasteiger charge is -2.38. The van der Waals surface area contributed by atoms with Gasteiger partial charge in [-0.1, -0.05) is 28.1 Å². The Kier molecular flexibility index (Phi) is 5.12. The van der Waals surface area contributed by atoms with Gasteiger partial charge in [-0.15, -0.1) is 0 Å². The molecule has 1 atom stereocenters. The summed E-state index contributed by atoms with van der Waals surface area (Å²) in [6, 6.07) is 4.18. The van der Waals surface area contributed by atoms with E-state index < -0.39 is 18.6 Å². The highest BCUT2D eigenvalue weighted by molar-refractivity contribution is 9.10. The Morgan fingerprint density at radius 3 is 2.60 bits per heavy atom. The number of piperazine rings is 1. The van der Waals surface area contributed by atoms with E-state index in [0.29, 0.717) is 31.7 Å². The third kappa shape index (κ3) is 3.36. The summed E-state index contributed by atoms with van der Waals surface area (Å²) in [5.74, 6) is -3.16. The van der Waals surface area contributed by atoms with Crippen molar-refractivity contribution in [2.24, 2.45) is 0 Å². The van der Waals surface area contributed by atoms with Crippen molar-refractivity contribution in [3.8, 4) is 0 Å². The summed E-state index contributed by atoms with van der Waals surface area (Å²) in [7, 11) is 0. The van der Waals surface area contributed by atoms with Crippen LogP contribution in [0.25, 0.3) is 0 Å². The quantitative estimate of drug-likeness (QED) is 0.876. The highest BCUT2D eigenvalue weighted by Crippen LogP contribution is 2.37. The molecule has 0 spiro atoms. The molecule has 1 aromatic rings.